The highest BCUT2D eigenvalue weighted by Gasteiger charge is 2.03. The van der Waals surface area contributed by atoms with E-state index in [4.69, 9.17) is 14.7 Å². The van der Waals surface area contributed by atoms with E-state index in [1.807, 2.05) is 42.6 Å². The number of hydrogen-bond acceptors (Lipinski definition) is 5. The number of nitrogens with zero attached hydrogens (tertiary/aromatic N) is 3. The number of aliphatic imine (C=N–C) groups is 1. The van der Waals surface area contributed by atoms with Gasteiger partial charge >= 0.3 is 0 Å². The third-order valence-electron chi connectivity index (χ3n) is 3.76. The van der Waals surface area contributed by atoms with Crippen LogP contribution in [0.4, 0.5) is 0 Å². The third-order valence-corrected chi connectivity index (χ3v) is 3.76. The average Bonchev–Trinajstić information content (AvgIpc) is 2.70. The van der Waals surface area contributed by atoms with Crippen LogP contribution in [0, 0.1) is 11.5 Å². The number of benzene rings is 1. The van der Waals surface area contributed by atoms with E-state index in [0.29, 0.717) is 19.0 Å². The smallest absolute Gasteiger partial charge is 0.182 e. The monoisotopic (exact) mass is 352 g/mol. The van der Waals surface area contributed by atoms with Crippen molar-refractivity contribution >= 4 is 5.84 Å². The number of nitrogens with one attached hydrogen (secondary N) is 1. The Balaban J connectivity index is 1.65. The quantitative estimate of drug-likeness (QED) is 0.233. The van der Waals surface area contributed by atoms with Crippen LogP contribution in [0.2, 0.25) is 0 Å². The highest BCUT2D eigenvalue weighted by molar-refractivity contribution is 5.99. The highest BCUT2D eigenvalue weighted by Crippen LogP contribution is 2.25. The molecule has 1 N–H and O–H groups in total. The van der Waals surface area contributed by atoms with E-state index in [2.05, 4.69) is 15.3 Å². The normalized spacial score (nSPS) is 10.8. The number of methoxy groups -OCH3 is 1. The van der Waals surface area contributed by atoms with Crippen LogP contribution >= 0.6 is 0 Å². The molecule has 0 unspecified atom stereocenters. The van der Waals surface area contributed by atoms with Gasteiger partial charge in [0.2, 0.25) is 0 Å². The second-order valence-electron chi connectivity index (χ2n) is 5.62. The molecule has 0 fully saturated rings. The zero-order chi connectivity index (χ0) is 18.5. The van der Waals surface area contributed by atoms with Crippen molar-refractivity contribution in [2.75, 3.05) is 20.3 Å². The van der Waals surface area contributed by atoms with E-state index >= 15 is 0 Å². The maximum absolute atomic E-state index is 8.84. The Hall–Kier alpha value is -3.07. The van der Waals surface area contributed by atoms with Crippen molar-refractivity contribution in [3.05, 3.63) is 54.4 Å². The molecule has 136 valence electrons. The topological polar surface area (TPSA) is 79.5 Å². The molecule has 0 aliphatic heterocycles. The summed E-state index contributed by atoms with van der Waals surface area (Å²) in [5.74, 6) is 2.11. The molecule has 6 heteroatoms. The molecule has 6 nitrogen and oxygen atoms in total. The van der Waals surface area contributed by atoms with Gasteiger partial charge in [0.05, 0.1) is 13.7 Å². The number of hydrogen-bond donors (Lipinski definition) is 1. The summed E-state index contributed by atoms with van der Waals surface area (Å²) < 4.78 is 11.0. The summed E-state index contributed by atoms with van der Waals surface area (Å²) in [5.41, 5.74) is 0.819. The summed E-state index contributed by atoms with van der Waals surface area (Å²) in [6, 6.07) is 11.4. The third kappa shape index (κ3) is 6.44. The van der Waals surface area contributed by atoms with Crippen molar-refractivity contribution in [3.63, 3.8) is 0 Å². The lowest BCUT2D eigenvalue weighted by atomic mass is 10.2. The number of nitriles is 1. The summed E-state index contributed by atoms with van der Waals surface area (Å²) in [6.07, 6.45) is 9.39. The van der Waals surface area contributed by atoms with Gasteiger partial charge in [0.1, 0.15) is 5.84 Å². The van der Waals surface area contributed by atoms with Crippen molar-refractivity contribution in [2.45, 2.75) is 25.7 Å². The second kappa shape index (κ2) is 11.5. The number of amidine groups is 1. The van der Waals surface area contributed by atoms with Gasteiger partial charge in [-0.05, 0) is 43.5 Å². The number of unbranched alkanes of at least 4 members (excludes halogenated alkanes) is 3. The first kappa shape index (κ1) is 19.3. The van der Waals surface area contributed by atoms with Crippen molar-refractivity contribution < 1.29 is 9.47 Å². The Morgan fingerprint density at radius 2 is 1.92 bits per heavy atom. The van der Waals surface area contributed by atoms with Crippen molar-refractivity contribution in [2.24, 2.45) is 4.99 Å². The van der Waals surface area contributed by atoms with Crippen LogP contribution < -0.4 is 14.8 Å². The molecule has 0 aliphatic carbocycles. The standard InChI is InChI=1S/C20H24N4O2/c1-25-18-10-4-5-11-19(18)26-14-7-3-2-6-13-23-20(24-16-21)17-9-8-12-22-15-17/h4-5,8-12,15H,2-3,6-7,13-14H2,1H3,(H,23,24). The first-order valence-electron chi connectivity index (χ1n) is 8.71. The molecule has 0 saturated carbocycles. The molecule has 0 saturated heterocycles. The van der Waals surface area contributed by atoms with E-state index in [-0.39, 0.29) is 0 Å². The van der Waals surface area contributed by atoms with Crippen LogP contribution in [-0.4, -0.2) is 31.1 Å². The molecule has 26 heavy (non-hydrogen) atoms. The van der Waals surface area contributed by atoms with Gasteiger partial charge in [-0.3, -0.25) is 15.3 Å². The minimum absolute atomic E-state index is 0.570. The first-order chi connectivity index (χ1) is 12.8. The van der Waals surface area contributed by atoms with Crippen LogP contribution in [0.15, 0.2) is 53.8 Å². The van der Waals surface area contributed by atoms with Gasteiger partial charge < -0.3 is 9.47 Å². The van der Waals surface area contributed by atoms with Crippen molar-refractivity contribution in [1.82, 2.24) is 10.3 Å². The van der Waals surface area contributed by atoms with Gasteiger partial charge in [0.25, 0.3) is 0 Å². The molecule has 0 atom stereocenters. The number of aromatic nitrogens is 1. The van der Waals surface area contributed by atoms with E-state index in [1.54, 1.807) is 19.5 Å². The minimum atomic E-state index is 0.570. The van der Waals surface area contributed by atoms with Gasteiger partial charge in [-0.1, -0.05) is 18.6 Å². The maximum Gasteiger partial charge on any atom is 0.182 e. The number of ether oxygens (including phenoxy) is 2. The fourth-order valence-corrected chi connectivity index (χ4v) is 2.44. The number of para-hydroxylation sites is 2. The molecule has 0 amide bonds. The molecule has 1 heterocycles. The van der Waals surface area contributed by atoms with E-state index in [9.17, 15) is 0 Å². The Kier molecular flexibility index (Phi) is 8.50. The number of pyridine rings is 1. The van der Waals surface area contributed by atoms with E-state index in [0.717, 1.165) is 42.7 Å². The fraction of sp³-hybridized carbons (Fsp3) is 0.350. The lowest BCUT2D eigenvalue weighted by Crippen LogP contribution is -2.19. The molecule has 2 rings (SSSR count). The number of rotatable bonds is 10. The molecule has 0 spiro atoms. The zero-order valence-corrected chi connectivity index (χ0v) is 15.0. The van der Waals surface area contributed by atoms with Gasteiger partial charge in [0, 0.05) is 24.5 Å². The molecular formula is C20H24N4O2. The summed E-state index contributed by atoms with van der Waals surface area (Å²) >= 11 is 0. The SMILES string of the molecule is COc1ccccc1OCCCCCCN=C(NC#N)c1cccnc1. The molecule has 0 radical (unpaired) electrons. The summed E-state index contributed by atoms with van der Waals surface area (Å²) in [6.45, 7) is 1.34. The Morgan fingerprint density at radius 1 is 1.12 bits per heavy atom. The molecule has 0 bridgehead atoms. The lowest BCUT2D eigenvalue weighted by Gasteiger charge is -2.10. The van der Waals surface area contributed by atoms with E-state index < -0.39 is 0 Å². The summed E-state index contributed by atoms with van der Waals surface area (Å²) in [7, 11) is 1.64. The zero-order valence-electron chi connectivity index (χ0n) is 15.0. The van der Waals surface area contributed by atoms with Crippen molar-refractivity contribution in [1.29, 1.82) is 5.26 Å². The van der Waals surface area contributed by atoms with Gasteiger partial charge in [-0.15, -0.1) is 0 Å². The molecular weight excluding hydrogens is 328 g/mol. The van der Waals surface area contributed by atoms with Crippen LogP contribution in [0.5, 0.6) is 11.5 Å². The second-order valence-corrected chi connectivity index (χ2v) is 5.62. The largest absolute Gasteiger partial charge is 0.493 e. The average molecular weight is 352 g/mol. The van der Waals surface area contributed by atoms with E-state index in [1.165, 1.54) is 0 Å². The summed E-state index contributed by atoms with van der Waals surface area (Å²) in [5, 5.41) is 11.5. The minimum Gasteiger partial charge on any atom is -0.493 e. The predicted molar refractivity (Wildman–Crippen MR) is 101 cm³/mol. The molecule has 2 aromatic rings. The predicted octanol–water partition coefficient (Wildman–Crippen LogP) is 3.55. The fourth-order valence-electron chi connectivity index (χ4n) is 2.44. The Morgan fingerprint density at radius 3 is 2.65 bits per heavy atom. The molecule has 1 aromatic heterocycles. The molecule has 0 aliphatic rings. The highest BCUT2D eigenvalue weighted by atomic mass is 16.5. The lowest BCUT2D eigenvalue weighted by molar-refractivity contribution is 0.285. The maximum atomic E-state index is 8.84. The first-order valence-corrected chi connectivity index (χ1v) is 8.71. The van der Waals surface area contributed by atoms with Crippen LogP contribution in [0.1, 0.15) is 31.2 Å². The Bertz CT molecular complexity index is 726. The molecule has 1 aromatic carbocycles. The van der Waals surface area contributed by atoms with Crippen LogP contribution in [-0.2, 0) is 0 Å². The van der Waals surface area contributed by atoms with Gasteiger partial charge in [-0.25, -0.2) is 0 Å². The van der Waals surface area contributed by atoms with Crippen LogP contribution in [0.25, 0.3) is 0 Å². The summed E-state index contributed by atoms with van der Waals surface area (Å²) in [4.78, 5) is 8.52. The van der Waals surface area contributed by atoms with Crippen LogP contribution in [0.3, 0.4) is 0 Å². The van der Waals surface area contributed by atoms with Gasteiger partial charge in [0.15, 0.2) is 17.7 Å². The van der Waals surface area contributed by atoms with Crippen molar-refractivity contribution in [3.8, 4) is 17.7 Å². The Labute approximate surface area is 154 Å². The van der Waals surface area contributed by atoms with Gasteiger partial charge in [-0.2, -0.15) is 5.26 Å².